The summed E-state index contributed by atoms with van der Waals surface area (Å²) in [5.41, 5.74) is 7.13. The van der Waals surface area contributed by atoms with Gasteiger partial charge in [-0.3, -0.25) is 4.79 Å². The molecular weight excluding hydrogens is 427 g/mol. The molecule has 25 heavy (non-hydrogen) atoms. The van der Waals surface area contributed by atoms with Crippen molar-refractivity contribution in [1.29, 1.82) is 0 Å². The van der Waals surface area contributed by atoms with Crippen molar-refractivity contribution in [3.05, 3.63) is 35.4 Å². The normalized spacial score (nSPS) is 12.9. The van der Waals surface area contributed by atoms with E-state index in [0.29, 0.717) is 23.6 Å². The van der Waals surface area contributed by atoms with Crippen molar-refractivity contribution >= 4 is 35.8 Å². The van der Waals surface area contributed by atoms with Gasteiger partial charge in [-0.25, -0.2) is 4.99 Å². The van der Waals surface area contributed by atoms with E-state index in [9.17, 15) is 4.79 Å². The average Bonchev–Trinajstić information content (AvgIpc) is 2.50. The number of nitrogens with one attached hydrogen (secondary N) is 2. The molecule has 0 saturated heterocycles. The second-order valence-electron chi connectivity index (χ2n) is 7.40. The summed E-state index contributed by atoms with van der Waals surface area (Å²) in [5, 5.41) is 6.71. The lowest BCUT2D eigenvalue weighted by molar-refractivity contribution is 0.1000. The highest BCUT2D eigenvalue weighted by Crippen LogP contribution is 2.21. The fourth-order valence-corrected chi connectivity index (χ4v) is 2.27. The number of guanidine groups is 1. The van der Waals surface area contributed by atoms with Gasteiger partial charge >= 0.3 is 0 Å². The lowest BCUT2D eigenvalue weighted by Gasteiger charge is -2.23. The zero-order chi connectivity index (χ0) is 18.2. The first-order chi connectivity index (χ1) is 11.2. The summed E-state index contributed by atoms with van der Waals surface area (Å²) in [7, 11) is 0. The first-order valence-corrected chi connectivity index (χ1v) is 8.65. The first kappa shape index (κ1) is 23.7. The standard InChI is InChI=1S/C19H32N4O.HI/c1-6-21-18(23-14(2)10-11-19(3,4)5)22-13-15-8-7-9-16(12-15)17(20)24;/h7-9,12,14H,6,10-11,13H2,1-5H3,(H2,20,24)(H2,21,22,23);1H. The van der Waals surface area contributed by atoms with Crippen LogP contribution in [0, 0.1) is 5.41 Å². The van der Waals surface area contributed by atoms with Crippen molar-refractivity contribution in [3.63, 3.8) is 0 Å². The molecule has 4 N–H and O–H groups in total. The number of nitrogens with two attached hydrogens (primary N) is 1. The van der Waals surface area contributed by atoms with Crippen LogP contribution in [0.3, 0.4) is 0 Å². The highest BCUT2D eigenvalue weighted by atomic mass is 127. The van der Waals surface area contributed by atoms with E-state index in [1.54, 1.807) is 12.1 Å². The molecule has 0 bridgehead atoms. The molecule has 0 fully saturated rings. The van der Waals surface area contributed by atoms with Gasteiger partial charge in [-0.2, -0.15) is 0 Å². The van der Waals surface area contributed by atoms with Crippen LogP contribution in [0.5, 0.6) is 0 Å². The number of rotatable bonds is 7. The van der Waals surface area contributed by atoms with Gasteiger partial charge in [0, 0.05) is 18.2 Å². The van der Waals surface area contributed by atoms with Gasteiger partial charge in [0.25, 0.3) is 0 Å². The second-order valence-corrected chi connectivity index (χ2v) is 7.40. The van der Waals surface area contributed by atoms with E-state index in [4.69, 9.17) is 5.73 Å². The number of amides is 1. The van der Waals surface area contributed by atoms with Gasteiger partial charge in [0.2, 0.25) is 5.91 Å². The molecule has 0 heterocycles. The van der Waals surface area contributed by atoms with Crippen LogP contribution in [0.1, 0.15) is 63.4 Å². The summed E-state index contributed by atoms with van der Waals surface area (Å²) in [4.78, 5) is 15.9. The van der Waals surface area contributed by atoms with E-state index in [1.165, 1.54) is 0 Å². The largest absolute Gasteiger partial charge is 0.366 e. The highest BCUT2D eigenvalue weighted by Gasteiger charge is 2.13. The number of benzene rings is 1. The van der Waals surface area contributed by atoms with E-state index in [2.05, 4.69) is 43.3 Å². The fourth-order valence-electron chi connectivity index (χ4n) is 2.27. The molecule has 1 amide bonds. The molecule has 1 aromatic rings. The van der Waals surface area contributed by atoms with Crippen LogP contribution in [-0.4, -0.2) is 24.5 Å². The maximum absolute atomic E-state index is 11.3. The minimum atomic E-state index is -0.415. The maximum Gasteiger partial charge on any atom is 0.248 e. The molecule has 0 aromatic heterocycles. The fraction of sp³-hybridized carbons (Fsp3) is 0.579. The van der Waals surface area contributed by atoms with E-state index >= 15 is 0 Å². The lowest BCUT2D eigenvalue weighted by atomic mass is 9.89. The summed E-state index contributed by atoms with van der Waals surface area (Å²) in [5.74, 6) is 0.380. The maximum atomic E-state index is 11.3. The molecule has 0 radical (unpaired) electrons. The third-order valence-electron chi connectivity index (χ3n) is 3.69. The van der Waals surface area contributed by atoms with Crippen LogP contribution in [0.25, 0.3) is 0 Å². The summed E-state index contributed by atoms with van der Waals surface area (Å²) in [6.07, 6.45) is 2.24. The Morgan fingerprint density at radius 3 is 2.56 bits per heavy atom. The molecule has 142 valence electrons. The van der Waals surface area contributed by atoms with Crippen LogP contribution in [0.4, 0.5) is 0 Å². The quantitative estimate of drug-likeness (QED) is 0.330. The van der Waals surface area contributed by atoms with Crippen molar-refractivity contribution in [2.24, 2.45) is 16.1 Å². The van der Waals surface area contributed by atoms with Gasteiger partial charge < -0.3 is 16.4 Å². The third-order valence-corrected chi connectivity index (χ3v) is 3.69. The number of primary amides is 1. The van der Waals surface area contributed by atoms with Crippen LogP contribution in [0.15, 0.2) is 29.3 Å². The molecule has 0 aliphatic heterocycles. The highest BCUT2D eigenvalue weighted by molar-refractivity contribution is 14.0. The molecule has 1 rings (SSSR count). The number of carbonyl (C=O) groups is 1. The Morgan fingerprint density at radius 1 is 1.32 bits per heavy atom. The number of nitrogens with zero attached hydrogens (tertiary/aromatic N) is 1. The van der Waals surface area contributed by atoms with Crippen molar-refractivity contribution in [2.45, 2.75) is 60.0 Å². The third kappa shape index (κ3) is 10.3. The van der Waals surface area contributed by atoms with Gasteiger partial charge in [-0.1, -0.05) is 32.9 Å². The van der Waals surface area contributed by atoms with Crippen LogP contribution < -0.4 is 16.4 Å². The van der Waals surface area contributed by atoms with Crippen LogP contribution >= 0.6 is 24.0 Å². The predicted molar refractivity (Wildman–Crippen MR) is 116 cm³/mol. The van der Waals surface area contributed by atoms with E-state index in [1.807, 2.05) is 19.1 Å². The average molecular weight is 460 g/mol. The predicted octanol–water partition coefficient (Wildman–Crippen LogP) is 3.67. The molecular formula is C19H33IN4O. The zero-order valence-electron chi connectivity index (χ0n) is 16.1. The van der Waals surface area contributed by atoms with E-state index < -0.39 is 5.91 Å². The summed E-state index contributed by atoms with van der Waals surface area (Å²) in [6, 6.07) is 7.63. The Kier molecular flexibility index (Phi) is 10.7. The van der Waals surface area contributed by atoms with E-state index in [0.717, 1.165) is 30.9 Å². The van der Waals surface area contributed by atoms with Crippen molar-refractivity contribution in [3.8, 4) is 0 Å². The zero-order valence-corrected chi connectivity index (χ0v) is 18.4. The Labute approximate surface area is 169 Å². The first-order valence-electron chi connectivity index (χ1n) is 8.65. The smallest absolute Gasteiger partial charge is 0.248 e. The lowest BCUT2D eigenvalue weighted by Crippen LogP contribution is -2.42. The molecule has 0 saturated carbocycles. The molecule has 0 aliphatic rings. The Bertz CT molecular complexity index is 567. The van der Waals surface area contributed by atoms with Gasteiger partial charge in [-0.05, 0) is 49.8 Å². The monoisotopic (exact) mass is 460 g/mol. The molecule has 1 aromatic carbocycles. The second kappa shape index (κ2) is 11.3. The van der Waals surface area contributed by atoms with Crippen molar-refractivity contribution in [2.75, 3.05) is 6.54 Å². The SMILES string of the molecule is CCNC(=NCc1cccc(C(N)=O)c1)NC(C)CCC(C)(C)C.I. The van der Waals surface area contributed by atoms with Gasteiger partial charge in [-0.15, -0.1) is 24.0 Å². The molecule has 1 atom stereocenters. The van der Waals surface area contributed by atoms with Crippen molar-refractivity contribution < 1.29 is 4.79 Å². The van der Waals surface area contributed by atoms with Crippen LogP contribution in [0.2, 0.25) is 0 Å². The van der Waals surface area contributed by atoms with Crippen molar-refractivity contribution in [1.82, 2.24) is 10.6 Å². The summed E-state index contributed by atoms with van der Waals surface area (Å²) in [6.45, 7) is 12.3. The molecule has 0 aliphatic carbocycles. The summed E-state index contributed by atoms with van der Waals surface area (Å²) < 4.78 is 0. The Morgan fingerprint density at radius 2 is 2.00 bits per heavy atom. The number of hydrogen-bond acceptors (Lipinski definition) is 2. The Balaban J connectivity index is 0.00000576. The summed E-state index contributed by atoms with van der Waals surface area (Å²) >= 11 is 0. The molecule has 6 heteroatoms. The minimum Gasteiger partial charge on any atom is -0.366 e. The van der Waals surface area contributed by atoms with Gasteiger partial charge in [0.05, 0.1) is 6.54 Å². The number of halogens is 1. The number of aliphatic imine (C=N–C) groups is 1. The molecule has 5 nitrogen and oxygen atoms in total. The topological polar surface area (TPSA) is 79.5 Å². The molecule has 1 unspecified atom stereocenters. The minimum absolute atomic E-state index is 0. The number of hydrogen-bond donors (Lipinski definition) is 3. The van der Waals surface area contributed by atoms with Gasteiger partial charge in [0.15, 0.2) is 5.96 Å². The molecule has 0 spiro atoms. The van der Waals surface area contributed by atoms with E-state index in [-0.39, 0.29) is 24.0 Å². The Hall–Kier alpha value is -1.31. The van der Waals surface area contributed by atoms with Gasteiger partial charge in [0.1, 0.15) is 0 Å². The van der Waals surface area contributed by atoms with Crippen LogP contribution in [-0.2, 0) is 6.54 Å². The number of carbonyl (C=O) groups excluding carboxylic acids is 1.